The highest BCUT2D eigenvalue weighted by atomic mass is 16.6. The Morgan fingerprint density at radius 2 is 2.07 bits per heavy atom. The molecule has 3 heteroatoms. The van der Waals surface area contributed by atoms with E-state index in [9.17, 15) is 9.59 Å². The van der Waals surface area contributed by atoms with Crippen LogP contribution in [0.4, 0.5) is 0 Å². The fourth-order valence-electron chi connectivity index (χ4n) is 1.91. The summed E-state index contributed by atoms with van der Waals surface area (Å²) in [6, 6.07) is 0. The number of carbonyl (C=O) groups excluding carboxylic acids is 2. The standard InChI is InChI=1S/C11H16O3/c1-4-6-8(5-2)9-7(3)10(12)14-11(9)13/h4,6-9H,5H2,1-3H3/b6-4-/t7-,8?,9-/m1/s1. The Kier molecular flexibility index (Phi) is 3.44. The van der Waals surface area contributed by atoms with Gasteiger partial charge in [0, 0.05) is 0 Å². The van der Waals surface area contributed by atoms with Gasteiger partial charge in [0.2, 0.25) is 0 Å². The maximum atomic E-state index is 11.4. The highest BCUT2D eigenvalue weighted by Crippen LogP contribution is 2.32. The smallest absolute Gasteiger partial charge is 0.318 e. The molecule has 0 N–H and O–H groups in total. The SMILES string of the molecule is C/C=C\C(CC)[C@@H]1C(=O)OC(=O)[C@@H]1C. The molecule has 1 saturated heterocycles. The number of allylic oxidation sites excluding steroid dienone is 2. The summed E-state index contributed by atoms with van der Waals surface area (Å²) in [4.78, 5) is 22.5. The van der Waals surface area contributed by atoms with Crippen molar-refractivity contribution < 1.29 is 14.3 Å². The second kappa shape index (κ2) is 4.40. The molecule has 1 heterocycles. The maximum absolute atomic E-state index is 11.4. The molecule has 1 rings (SSSR count). The minimum absolute atomic E-state index is 0.119. The Morgan fingerprint density at radius 3 is 2.43 bits per heavy atom. The molecule has 1 aliphatic heterocycles. The lowest BCUT2D eigenvalue weighted by atomic mass is 9.82. The summed E-state index contributed by atoms with van der Waals surface area (Å²) >= 11 is 0. The van der Waals surface area contributed by atoms with Gasteiger partial charge in [-0.15, -0.1) is 0 Å². The lowest BCUT2D eigenvalue weighted by Gasteiger charge is -2.17. The summed E-state index contributed by atoms with van der Waals surface area (Å²) in [5.41, 5.74) is 0. The molecule has 3 nitrogen and oxygen atoms in total. The molecular formula is C11H16O3. The summed E-state index contributed by atoms with van der Waals surface area (Å²) in [5.74, 6) is -1.23. The number of cyclic esters (lactones) is 2. The van der Waals surface area contributed by atoms with Gasteiger partial charge in [-0.2, -0.15) is 0 Å². The van der Waals surface area contributed by atoms with E-state index in [4.69, 9.17) is 0 Å². The highest BCUT2D eigenvalue weighted by Gasteiger charge is 2.44. The van der Waals surface area contributed by atoms with Crippen LogP contribution in [0.1, 0.15) is 27.2 Å². The first-order valence-electron chi connectivity index (χ1n) is 5.00. The fraction of sp³-hybridized carbons (Fsp3) is 0.636. The van der Waals surface area contributed by atoms with Crippen LogP contribution in [0.5, 0.6) is 0 Å². The summed E-state index contributed by atoms with van der Waals surface area (Å²) < 4.78 is 4.60. The number of esters is 2. The predicted octanol–water partition coefficient (Wildman–Crippen LogP) is 1.92. The van der Waals surface area contributed by atoms with Crippen LogP contribution in [0.2, 0.25) is 0 Å². The number of carbonyl (C=O) groups is 2. The minimum Gasteiger partial charge on any atom is -0.393 e. The average Bonchev–Trinajstić information content (AvgIpc) is 2.39. The van der Waals surface area contributed by atoms with Gasteiger partial charge in [0.25, 0.3) is 0 Å². The van der Waals surface area contributed by atoms with Crippen LogP contribution >= 0.6 is 0 Å². The van der Waals surface area contributed by atoms with Crippen molar-refractivity contribution >= 4 is 11.9 Å². The zero-order valence-electron chi connectivity index (χ0n) is 8.82. The largest absolute Gasteiger partial charge is 0.393 e. The first-order valence-corrected chi connectivity index (χ1v) is 5.00. The van der Waals surface area contributed by atoms with Crippen LogP contribution in [0.15, 0.2) is 12.2 Å². The molecule has 0 aliphatic carbocycles. The van der Waals surface area contributed by atoms with E-state index in [-0.39, 0.29) is 29.7 Å². The summed E-state index contributed by atoms with van der Waals surface area (Å²) in [5, 5.41) is 0. The summed E-state index contributed by atoms with van der Waals surface area (Å²) in [6.45, 7) is 5.67. The van der Waals surface area contributed by atoms with Crippen molar-refractivity contribution in [2.45, 2.75) is 27.2 Å². The number of hydrogen-bond acceptors (Lipinski definition) is 3. The molecule has 0 radical (unpaired) electrons. The molecule has 1 fully saturated rings. The van der Waals surface area contributed by atoms with Crippen molar-refractivity contribution in [1.29, 1.82) is 0 Å². The van der Waals surface area contributed by atoms with Gasteiger partial charge in [-0.3, -0.25) is 9.59 Å². The second-order valence-electron chi connectivity index (χ2n) is 3.65. The Bertz CT molecular complexity index is 268. The van der Waals surface area contributed by atoms with Gasteiger partial charge < -0.3 is 4.74 Å². The molecule has 0 saturated carbocycles. The third-order valence-corrected chi connectivity index (χ3v) is 2.76. The summed E-state index contributed by atoms with van der Waals surface area (Å²) in [6.07, 6.45) is 4.74. The van der Waals surface area contributed by atoms with E-state index in [1.54, 1.807) is 6.92 Å². The Hall–Kier alpha value is -1.12. The van der Waals surface area contributed by atoms with E-state index in [1.165, 1.54) is 0 Å². The van der Waals surface area contributed by atoms with E-state index in [0.29, 0.717) is 0 Å². The van der Waals surface area contributed by atoms with Gasteiger partial charge in [0.15, 0.2) is 0 Å². The van der Waals surface area contributed by atoms with Gasteiger partial charge in [0.05, 0.1) is 11.8 Å². The van der Waals surface area contributed by atoms with E-state index < -0.39 is 0 Å². The molecule has 14 heavy (non-hydrogen) atoms. The van der Waals surface area contributed by atoms with E-state index in [2.05, 4.69) is 4.74 Å². The van der Waals surface area contributed by atoms with E-state index >= 15 is 0 Å². The molecule has 0 spiro atoms. The molecule has 0 aromatic rings. The molecule has 0 bridgehead atoms. The number of ether oxygens (including phenoxy) is 1. The quantitative estimate of drug-likeness (QED) is 0.393. The lowest BCUT2D eigenvalue weighted by molar-refractivity contribution is -0.154. The van der Waals surface area contributed by atoms with E-state index in [1.807, 2.05) is 26.0 Å². The Balaban J connectivity index is 2.84. The minimum atomic E-state index is -0.386. The van der Waals surface area contributed by atoms with Gasteiger partial charge >= 0.3 is 11.9 Å². The van der Waals surface area contributed by atoms with Crippen molar-refractivity contribution in [1.82, 2.24) is 0 Å². The van der Waals surface area contributed by atoms with Crippen molar-refractivity contribution in [3.05, 3.63) is 12.2 Å². The van der Waals surface area contributed by atoms with Gasteiger partial charge in [0.1, 0.15) is 0 Å². The first kappa shape index (κ1) is 11.0. The van der Waals surface area contributed by atoms with Crippen molar-refractivity contribution in [3.63, 3.8) is 0 Å². The summed E-state index contributed by atoms with van der Waals surface area (Å²) in [7, 11) is 0. The molecule has 1 aliphatic rings. The van der Waals surface area contributed by atoms with Crippen LogP contribution in [0.25, 0.3) is 0 Å². The molecule has 1 unspecified atom stereocenters. The zero-order valence-corrected chi connectivity index (χ0v) is 8.82. The van der Waals surface area contributed by atoms with Crippen LogP contribution in [-0.4, -0.2) is 11.9 Å². The molecule has 0 aromatic heterocycles. The van der Waals surface area contributed by atoms with Crippen molar-refractivity contribution in [2.75, 3.05) is 0 Å². The van der Waals surface area contributed by atoms with Crippen LogP contribution < -0.4 is 0 Å². The Morgan fingerprint density at radius 1 is 1.43 bits per heavy atom. The van der Waals surface area contributed by atoms with Crippen molar-refractivity contribution in [2.24, 2.45) is 17.8 Å². The third kappa shape index (κ3) is 1.86. The molecule has 78 valence electrons. The second-order valence-corrected chi connectivity index (χ2v) is 3.65. The molecule has 3 atom stereocenters. The topological polar surface area (TPSA) is 43.4 Å². The molecule has 0 amide bonds. The van der Waals surface area contributed by atoms with E-state index in [0.717, 1.165) is 6.42 Å². The lowest BCUT2D eigenvalue weighted by Crippen LogP contribution is -2.23. The molecular weight excluding hydrogens is 180 g/mol. The van der Waals surface area contributed by atoms with Crippen LogP contribution in [0, 0.1) is 17.8 Å². The Labute approximate surface area is 84.1 Å². The van der Waals surface area contributed by atoms with Gasteiger partial charge in [-0.05, 0) is 19.3 Å². The maximum Gasteiger partial charge on any atom is 0.318 e. The normalized spacial score (nSPS) is 29.6. The van der Waals surface area contributed by atoms with Crippen LogP contribution in [0.3, 0.4) is 0 Å². The molecule has 0 aromatic carbocycles. The first-order chi connectivity index (χ1) is 6.61. The number of hydrogen-bond donors (Lipinski definition) is 0. The number of rotatable bonds is 3. The monoisotopic (exact) mass is 196 g/mol. The fourth-order valence-corrected chi connectivity index (χ4v) is 1.91. The van der Waals surface area contributed by atoms with Crippen LogP contribution in [-0.2, 0) is 14.3 Å². The zero-order chi connectivity index (χ0) is 10.7. The third-order valence-electron chi connectivity index (χ3n) is 2.76. The predicted molar refractivity (Wildman–Crippen MR) is 52.3 cm³/mol. The highest BCUT2D eigenvalue weighted by molar-refractivity contribution is 5.96. The average molecular weight is 196 g/mol. The van der Waals surface area contributed by atoms with Gasteiger partial charge in [-0.1, -0.05) is 26.0 Å². The van der Waals surface area contributed by atoms with Crippen molar-refractivity contribution in [3.8, 4) is 0 Å². The van der Waals surface area contributed by atoms with Gasteiger partial charge in [-0.25, -0.2) is 0 Å².